The molecular formula is C27H29F4N5O2. The number of aromatic nitrogens is 1. The second kappa shape index (κ2) is 11.6. The quantitative estimate of drug-likeness (QED) is 0.272. The second-order valence-corrected chi connectivity index (χ2v) is 8.88. The normalized spacial score (nSPS) is 17.4. The SMILES string of the molecule is CNC(=O)c1ccc(NCC#Cc2cc3c(N[C@H]4CCNC[C@H]4F)cccc3n2CC(F)(F)F)c(OC)c1. The number of nitrogens with one attached hydrogen (secondary N) is 4. The van der Waals surface area contributed by atoms with Gasteiger partial charge in [-0.2, -0.15) is 13.2 Å². The molecule has 1 aliphatic rings. The topological polar surface area (TPSA) is 79.4 Å². The van der Waals surface area contributed by atoms with Crippen molar-refractivity contribution in [3.8, 4) is 17.6 Å². The molecule has 0 spiro atoms. The third-order valence-corrected chi connectivity index (χ3v) is 6.31. The largest absolute Gasteiger partial charge is 0.495 e. The van der Waals surface area contributed by atoms with E-state index in [1.54, 1.807) is 42.5 Å². The first-order valence-electron chi connectivity index (χ1n) is 12.1. The monoisotopic (exact) mass is 531 g/mol. The van der Waals surface area contributed by atoms with Gasteiger partial charge in [-0.15, -0.1) is 0 Å². The van der Waals surface area contributed by atoms with E-state index in [-0.39, 0.29) is 24.7 Å². The number of benzene rings is 2. The number of nitrogens with zero attached hydrogens (tertiary/aromatic N) is 1. The minimum absolute atomic E-state index is 0.118. The first-order valence-corrected chi connectivity index (χ1v) is 12.1. The molecule has 7 nitrogen and oxygen atoms in total. The smallest absolute Gasteiger partial charge is 0.406 e. The summed E-state index contributed by atoms with van der Waals surface area (Å²) in [5.74, 6) is 5.89. The Kier molecular flexibility index (Phi) is 8.32. The summed E-state index contributed by atoms with van der Waals surface area (Å²) in [7, 11) is 2.99. The van der Waals surface area contributed by atoms with Crippen LogP contribution in [0.2, 0.25) is 0 Å². The minimum Gasteiger partial charge on any atom is -0.495 e. The maximum atomic E-state index is 14.4. The Bertz CT molecular complexity index is 1360. The van der Waals surface area contributed by atoms with Gasteiger partial charge in [0.1, 0.15) is 18.5 Å². The van der Waals surface area contributed by atoms with Crippen molar-refractivity contribution in [2.75, 3.05) is 44.4 Å². The van der Waals surface area contributed by atoms with Crippen LogP contribution < -0.4 is 26.0 Å². The number of ether oxygens (including phenoxy) is 1. The van der Waals surface area contributed by atoms with E-state index in [0.717, 1.165) is 4.57 Å². The number of carbonyl (C=O) groups is 1. The highest BCUT2D eigenvalue weighted by Gasteiger charge is 2.30. The maximum Gasteiger partial charge on any atom is 0.406 e. The van der Waals surface area contributed by atoms with E-state index in [1.165, 1.54) is 14.2 Å². The fraction of sp³-hybridized carbons (Fsp3) is 0.370. The molecule has 0 saturated carbocycles. The number of hydrogen-bond acceptors (Lipinski definition) is 5. The van der Waals surface area contributed by atoms with Crippen molar-refractivity contribution in [2.24, 2.45) is 0 Å². The molecule has 1 amide bonds. The van der Waals surface area contributed by atoms with Crippen LogP contribution in [0.15, 0.2) is 42.5 Å². The predicted octanol–water partition coefficient (Wildman–Crippen LogP) is 4.15. The van der Waals surface area contributed by atoms with Crippen LogP contribution in [0, 0.1) is 11.8 Å². The van der Waals surface area contributed by atoms with E-state index < -0.39 is 24.9 Å². The van der Waals surface area contributed by atoms with Gasteiger partial charge < -0.3 is 30.6 Å². The standard InChI is InChI=1S/C27H29F4N5O2/c1-32-26(37)17-8-9-23(25(13-17)38-2)34-11-4-5-18-14-19-21(35-22-10-12-33-15-20(22)28)6-3-7-24(19)36(18)16-27(29,30)31/h3,6-9,13-14,20,22,33-35H,10-12,15-16H2,1-2H3,(H,32,37)/t20-,22+/m1/s1. The lowest BCUT2D eigenvalue weighted by molar-refractivity contribution is -0.140. The summed E-state index contributed by atoms with van der Waals surface area (Å²) in [4.78, 5) is 11.8. The summed E-state index contributed by atoms with van der Waals surface area (Å²) in [6.45, 7) is -0.198. The predicted molar refractivity (Wildman–Crippen MR) is 140 cm³/mol. The molecule has 2 heterocycles. The third kappa shape index (κ3) is 6.31. The van der Waals surface area contributed by atoms with Crippen LogP contribution in [0.25, 0.3) is 10.9 Å². The lowest BCUT2D eigenvalue weighted by Gasteiger charge is -2.28. The number of alkyl halides is 4. The van der Waals surface area contributed by atoms with E-state index in [0.29, 0.717) is 46.6 Å². The van der Waals surface area contributed by atoms with Crippen LogP contribution in [0.3, 0.4) is 0 Å². The average molecular weight is 532 g/mol. The maximum absolute atomic E-state index is 14.4. The molecule has 2 aromatic carbocycles. The zero-order chi connectivity index (χ0) is 27.3. The van der Waals surface area contributed by atoms with E-state index in [4.69, 9.17) is 4.74 Å². The fourth-order valence-electron chi connectivity index (χ4n) is 4.44. The van der Waals surface area contributed by atoms with Crippen molar-refractivity contribution < 1.29 is 27.1 Å². The Labute approximate surface area is 217 Å². The molecule has 4 N–H and O–H groups in total. The van der Waals surface area contributed by atoms with Crippen molar-refractivity contribution in [1.82, 2.24) is 15.2 Å². The first-order chi connectivity index (χ1) is 18.2. The molecule has 0 unspecified atom stereocenters. The highest BCUT2D eigenvalue weighted by Crippen LogP contribution is 2.31. The molecule has 4 rings (SSSR count). The molecule has 1 saturated heterocycles. The number of piperidine rings is 1. The summed E-state index contributed by atoms with van der Waals surface area (Å²) >= 11 is 0. The van der Waals surface area contributed by atoms with Crippen LogP contribution in [-0.2, 0) is 6.54 Å². The molecule has 1 fully saturated rings. The summed E-state index contributed by atoms with van der Waals surface area (Å²) in [6, 6.07) is 11.0. The van der Waals surface area contributed by atoms with Gasteiger partial charge in [0, 0.05) is 30.2 Å². The lowest BCUT2D eigenvalue weighted by Crippen LogP contribution is -2.45. The molecule has 2 atom stereocenters. The number of amides is 1. The molecule has 1 aliphatic heterocycles. The number of halogens is 4. The summed E-state index contributed by atoms with van der Waals surface area (Å²) in [6.07, 6.45) is -5.00. The Balaban J connectivity index is 1.60. The molecule has 1 aromatic heterocycles. The van der Waals surface area contributed by atoms with Gasteiger partial charge in [-0.1, -0.05) is 12.0 Å². The lowest BCUT2D eigenvalue weighted by atomic mass is 10.0. The number of hydrogen-bond donors (Lipinski definition) is 4. The average Bonchev–Trinajstić information content (AvgIpc) is 3.24. The van der Waals surface area contributed by atoms with Crippen LogP contribution in [0.5, 0.6) is 5.75 Å². The van der Waals surface area contributed by atoms with Gasteiger partial charge in [0.15, 0.2) is 0 Å². The fourth-order valence-corrected chi connectivity index (χ4v) is 4.44. The number of rotatable bonds is 7. The number of anilines is 2. The van der Waals surface area contributed by atoms with Crippen LogP contribution in [-0.4, -0.2) is 62.7 Å². The number of fused-ring (bicyclic) bond motifs is 1. The van der Waals surface area contributed by atoms with Crippen LogP contribution in [0.4, 0.5) is 28.9 Å². The van der Waals surface area contributed by atoms with E-state index in [2.05, 4.69) is 33.1 Å². The zero-order valence-electron chi connectivity index (χ0n) is 21.0. The van der Waals surface area contributed by atoms with Gasteiger partial charge in [-0.05, 0) is 55.3 Å². The van der Waals surface area contributed by atoms with Gasteiger partial charge >= 0.3 is 6.18 Å². The molecule has 0 aliphatic carbocycles. The van der Waals surface area contributed by atoms with Gasteiger partial charge in [0.05, 0.1) is 36.6 Å². The van der Waals surface area contributed by atoms with Crippen LogP contribution >= 0.6 is 0 Å². The molecule has 0 radical (unpaired) electrons. The summed E-state index contributed by atoms with van der Waals surface area (Å²) in [5.41, 5.74) is 2.13. The first kappa shape index (κ1) is 27.1. The Morgan fingerprint density at radius 2 is 2.03 bits per heavy atom. The summed E-state index contributed by atoms with van der Waals surface area (Å²) < 4.78 is 61.2. The molecule has 38 heavy (non-hydrogen) atoms. The van der Waals surface area contributed by atoms with Crippen molar-refractivity contribution in [1.29, 1.82) is 0 Å². The molecular weight excluding hydrogens is 502 g/mol. The van der Waals surface area contributed by atoms with Crippen molar-refractivity contribution in [2.45, 2.75) is 31.4 Å². The number of methoxy groups -OCH3 is 1. The van der Waals surface area contributed by atoms with Crippen LogP contribution in [0.1, 0.15) is 22.5 Å². The van der Waals surface area contributed by atoms with E-state index >= 15 is 0 Å². The van der Waals surface area contributed by atoms with Gasteiger partial charge in [0.2, 0.25) is 0 Å². The molecule has 11 heteroatoms. The van der Waals surface area contributed by atoms with Gasteiger partial charge in [-0.3, -0.25) is 4.79 Å². The Morgan fingerprint density at radius 1 is 1.21 bits per heavy atom. The Morgan fingerprint density at radius 3 is 2.74 bits per heavy atom. The highest BCUT2D eigenvalue weighted by atomic mass is 19.4. The number of carbonyl (C=O) groups excluding carboxylic acids is 1. The highest BCUT2D eigenvalue weighted by molar-refractivity contribution is 5.95. The second-order valence-electron chi connectivity index (χ2n) is 8.88. The molecule has 0 bridgehead atoms. The van der Waals surface area contributed by atoms with Crippen molar-refractivity contribution in [3.05, 3.63) is 53.7 Å². The van der Waals surface area contributed by atoms with Crippen molar-refractivity contribution in [3.63, 3.8) is 0 Å². The molecule has 202 valence electrons. The third-order valence-electron chi connectivity index (χ3n) is 6.31. The minimum atomic E-state index is -4.46. The zero-order valence-corrected chi connectivity index (χ0v) is 21.0. The molecule has 3 aromatic rings. The van der Waals surface area contributed by atoms with E-state index in [9.17, 15) is 22.4 Å². The summed E-state index contributed by atoms with van der Waals surface area (Å²) in [5, 5.41) is 12.3. The van der Waals surface area contributed by atoms with Crippen molar-refractivity contribution >= 4 is 28.2 Å². The van der Waals surface area contributed by atoms with Gasteiger partial charge in [-0.25, -0.2) is 4.39 Å². The van der Waals surface area contributed by atoms with E-state index in [1.807, 2.05) is 0 Å². The Hall–Kier alpha value is -3.91. The van der Waals surface area contributed by atoms with Gasteiger partial charge in [0.25, 0.3) is 5.91 Å².